The van der Waals surface area contributed by atoms with E-state index >= 15 is 0 Å². The van der Waals surface area contributed by atoms with Crippen molar-refractivity contribution in [2.75, 3.05) is 18.1 Å². The zero-order valence-electron chi connectivity index (χ0n) is 21.6. The number of nitrogens with one attached hydrogen (secondary N) is 1. The molecule has 39 heavy (non-hydrogen) atoms. The number of aryl methyl sites for hydroxylation is 1. The largest absolute Gasteiger partial charge is 0.378 e. The Morgan fingerprint density at radius 2 is 1.95 bits per heavy atom. The molecule has 2 aliphatic heterocycles. The lowest BCUT2D eigenvalue weighted by molar-refractivity contribution is -0.00578. The molecule has 4 heterocycles. The van der Waals surface area contributed by atoms with Crippen molar-refractivity contribution in [3.05, 3.63) is 82.8 Å². The fourth-order valence-electron chi connectivity index (χ4n) is 5.26. The average Bonchev–Trinajstić information content (AvgIpc) is 3.62. The van der Waals surface area contributed by atoms with Gasteiger partial charge in [0.2, 0.25) is 0 Å². The predicted molar refractivity (Wildman–Crippen MR) is 145 cm³/mol. The van der Waals surface area contributed by atoms with E-state index in [0.29, 0.717) is 42.3 Å². The van der Waals surface area contributed by atoms with Crippen molar-refractivity contribution in [1.82, 2.24) is 25.1 Å². The minimum absolute atomic E-state index is 0.0291. The third kappa shape index (κ3) is 4.38. The Kier molecular flexibility index (Phi) is 5.72. The molecule has 0 bridgehead atoms. The Morgan fingerprint density at radius 1 is 1.08 bits per heavy atom. The number of carbonyl (C=O) groups excluding carboxylic acids is 1. The van der Waals surface area contributed by atoms with Crippen LogP contribution in [0.25, 0.3) is 22.5 Å². The van der Waals surface area contributed by atoms with Gasteiger partial charge in [-0.05, 0) is 65.4 Å². The number of hydrogen-bond donors (Lipinski definition) is 1. The molecule has 1 aliphatic carbocycles. The Morgan fingerprint density at radius 3 is 2.67 bits per heavy atom. The molecular formula is C30H27N7O2. The highest BCUT2D eigenvalue weighted by atomic mass is 16.5. The van der Waals surface area contributed by atoms with Crippen LogP contribution in [-0.2, 0) is 24.9 Å². The van der Waals surface area contributed by atoms with Gasteiger partial charge >= 0.3 is 0 Å². The van der Waals surface area contributed by atoms with Gasteiger partial charge in [-0.25, -0.2) is 4.98 Å². The summed E-state index contributed by atoms with van der Waals surface area (Å²) in [5.74, 6) is 1.69. The number of nitrogens with zero attached hydrogens (tertiary/aromatic N) is 6. The number of nitriles is 1. The Labute approximate surface area is 226 Å². The second-order valence-electron chi connectivity index (χ2n) is 10.5. The number of pyridine rings is 1. The molecule has 0 atom stereocenters. The van der Waals surface area contributed by atoms with Crippen molar-refractivity contribution in [3.8, 4) is 28.6 Å². The second-order valence-corrected chi connectivity index (χ2v) is 10.5. The van der Waals surface area contributed by atoms with E-state index in [1.165, 1.54) is 0 Å². The lowest BCUT2D eigenvalue weighted by Crippen LogP contribution is -2.45. The van der Waals surface area contributed by atoms with Gasteiger partial charge in [-0.3, -0.25) is 9.69 Å². The zero-order chi connectivity index (χ0) is 26.5. The molecular weight excluding hydrogens is 490 g/mol. The summed E-state index contributed by atoms with van der Waals surface area (Å²) >= 11 is 0. The highest BCUT2D eigenvalue weighted by Gasteiger charge is 2.32. The maximum Gasteiger partial charge on any atom is 0.260 e. The lowest BCUT2D eigenvalue weighted by Gasteiger charge is -2.27. The zero-order valence-corrected chi connectivity index (χ0v) is 21.6. The number of hydrogen-bond acceptors (Lipinski definition) is 7. The van der Waals surface area contributed by atoms with E-state index in [0.717, 1.165) is 65.1 Å². The SMILES string of the molecule is Cn1cnnc1-c1cc(C#N)ccc1-c1cc(C2CC2)nc(N2Cc3ccc(CNC4COC4)cc3C2=O)c1. The van der Waals surface area contributed by atoms with E-state index < -0.39 is 0 Å². The maximum atomic E-state index is 13.7. The first kappa shape index (κ1) is 23.7. The quantitative estimate of drug-likeness (QED) is 0.395. The standard InChI is InChI=1S/C30H27N7O2/c1-36-17-33-35-29(36)26-8-18(12-31)3-7-24(26)22-10-27(20-5-6-20)34-28(11-22)37-14-21-4-2-19(9-25(21)30(37)38)13-32-23-15-39-16-23/h2-4,7-11,17,20,23,32H,5-6,13-16H2,1H3. The fraction of sp³-hybridized carbons (Fsp3) is 0.300. The summed E-state index contributed by atoms with van der Waals surface area (Å²) in [6, 6.07) is 18.5. The van der Waals surface area contributed by atoms with Crippen LogP contribution in [-0.4, -0.2) is 44.9 Å². The molecule has 0 radical (unpaired) electrons. The van der Waals surface area contributed by atoms with Crippen molar-refractivity contribution in [3.63, 3.8) is 0 Å². The first-order valence-electron chi connectivity index (χ1n) is 13.2. The number of benzene rings is 2. The number of anilines is 1. The smallest absolute Gasteiger partial charge is 0.260 e. The molecule has 0 unspecified atom stereocenters. The number of ether oxygens (including phenoxy) is 1. The second kappa shape index (κ2) is 9.42. The molecule has 1 saturated carbocycles. The summed E-state index contributed by atoms with van der Waals surface area (Å²) in [5, 5.41) is 21.4. The highest BCUT2D eigenvalue weighted by molar-refractivity contribution is 6.10. The number of fused-ring (bicyclic) bond motifs is 1. The average molecular weight is 518 g/mol. The normalized spacial score (nSPS) is 16.7. The monoisotopic (exact) mass is 517 g/mol. The third-order valence-electron chi connectivity index (χ3n) is 7.73. The molecule has 1 N–H and O–H groups in total. The number of aromatic nitrogens is 4. The lowest BCUT2D eigenvalue weighted by atomic mass is 9.96. The van der Waals surface area contributed by atoms with E-state index in [1.807, 2.05) is 41.9 Å². The van der Waals surface area contributed by atoms with Crippen LogP contribution in [0.15, 0.2) is 54.9 Å². The predicted octanol–water partition coefficient (Wildman–Crippen LogP) is 3.94. The summed E-state index contributed by atoms with van der Waals surface area (Å²) in [5.41, 5.74) is 7.06. The van der Waals surface area contributed by atoms with Gasteiger partial charge < -0.3 is 14.6 Å². The Balaban J connectivity index is 1.26. The van der Waals surface area contributed by atoms with Crippen LogP contribution in [0.2, 0.25) is 0 Å². The van der Waals surface area contributed by atoms with Crippen LogP contribution < -0.4 is 10.2 Å². The minimum atomic E-state index is -0.0291. The Bertz CT molecular complexity index is 1650. The van der Waals surface area contributed by atoms with Gasteiger partial charge in [0, 0.05) is 36.3 Å². The molecule has 2 fully saturated rings. The van der Waals surface area contributed by atoms with Crippen molar-refractivity contribution in [2.24, 2.45) is 7.05 Å². The van der Waals surface area contributed by atoms with E-state index in [1.54, 1.807) is 11.2 Å². The molecule has 7 rings (SSSR count). The summed E-state index contributed by atoms with van der Waals surface area (Å²) in [6.45, 7) is 2.67. The van der Waals surface area contributed by atoms with Crippen LogP contribution >= 0.6 is 0 Å². The molecule has 1 amide bonds. The minimum Gasteiger partial charge on any atom is -0.378 e. The van der Waals surface area contributed by atoms with Gasteiger partial charge in [0.25, 0.3) is 5.91 Å². The van der Waals surface area contributed by atoms with Gasteiger partial charge in [0.15, 0.2) is 5.82 Å². The first-order chi connectivity index (χ1) is 19.1. The maximum absolute atomic E-state index is 13.7. The summed E-state index contributed by atoms with van der Waals surface area (Å²) < 4.78 is 7.09. The van der Waals surface area contributed by atoms with Gasteiger partial charge in [-0.15, -0.1) is 10.2 Å². The number of rotatable bonds is 7. The molecule has 2 aromatic carbocycles. The van der Waals surface area contributed by atoms with Crippen LogP contribution in [0.3, 0.4) is 0 Å². The number of carbonyl (C=O) groups is 1. The molecule has 9 nitrogen and oxygen atoms in total. The van der Waals surface area contributed by atoms with Crippen molar-refractivity contribution >= 4 is 11.7 Å². The van der Waals surface area contributed by atoms with E-state index in [4.69, 9.17) is 9.72 Å². The first-order valence-corrected chi connectivity index (χ1v) is 13.2. The van der Waals surface area contributed by atoms with Gasteiger partial charge in [-0.2, -0.15) is 5.26 Å². The van der Waals surface area contributed by atoms with Crippen molar-refractivity contribution in [2.45, 2.75) is 37.9 Å². The van der Waals surface area contributed by atoms with Crippen LogP contribution in [0.5, 0.6) is 0 Å². The molecule has 9 heteroatoms. The van der Waals surface area contributed by atoms with Gasteiger partial charge in [0.05, 0.1) is 37.4 Å². The Hall–Kier alpha value is -4.39. The fourth-order valence-corrected chi connectivity index (χ4v) is 5.26. The van der Waals surface area contributed by atoms with Crippen LogP contribution in [0.4, 0.5) is 5.82 Å². The summed E-state index contributed by atoms with van der Waals surface area (Å²) in [6.07, 6.45) is 3.83. The summed E-state index contributed by atoms with van der Waals surface area (Å²) in [4.78, 5) is 20.4. The van der Waals surface area contributed by atoms with Crippen LogP contribution in [0.1, 0.15) is 51.5 Å². The van der Waals surface area contributed by atoms with Gasteiger partial charge in [-0.1, -0.05) is 18.2 Å². The molecule has 194 valence electrons. The van der Waals surface area contributed by atoms with E-state index in [2.05, 4.69) is 39.8 Å². The summed E-state index contributed by atoms with van der Waals surface area (Å²) in [7, 11) is 1.88. The third-order valence-corrected chi connectivity index (χ3v) is 7.73. The topological polar surface area (TPSA) is 109 Å². The molecule has 1 saturated heterocycles. The molecule has 4 aromatic rings. The van der Waals surface area contributed by atoms with Crippen molar-refractivity contribution < 1.29 is 9.53 Å². The van der Waals surface area contributed by atoms with E-state index in [9.17, 15) is 10.1 Å². The number of amides is 1. The van der Waals surface area contributed by atoms with Crippen molar-refractivity contribution in [1.29, 1.82) is 5.26 Å². The molecule has 3 aliphatic rings. The van der Waals surface area contributed by atoms with Gasteiger partial charge in [0.1, 0.15) is 12.1 Å². The van der Waals surface area contributed by atoms with Crippen LogP contribution in [0, 0.1) is 11.3 Å². The highest BCUT2D eigenvalue weighted by Crippen LogP contribution is 2.43. The molecule has 2 aromatic heterocycles. The van der Waals surface area contributed by atoms with E-state index in [-0.39, 0.29) is 5.91 Å². The molecule has 0 spiro atoms.